The highest BCUT2D eigenvalue weighted by molar-refractivity contribution is 6.32. The third kappa shape index (κ3) is 5.55. The average molecular weight is 579 g/mol. The van der Waals surface area contributed by atoms with E-state index in [1.54, 1.807) is 21.5 Å². The van der Waals surface area contributed by atoms with Gasteiger partial charge in [-0.05, 0) is 65.5 Å². The van der Waals surface area contributed by atoms with Crippen LogP contribution in [0.5, 0.6) is 0 Å². The summed E-state index contributed by atoms with van der Waals surface area (Å²) in [6, 6.07) is 4.24. The van der Waals surface area contributed by atoms with E-state index in [2.05, 4.69) is 25.3 Å². The second-order valence-corrected chi connectivity index (χ2v) is 12.4. The summed E-state index contributed by atoms with van der Waals surface area (Å²) >= 11 is 6.24. The third-order valence-electron chi connectivity index (χ3n) is 7.51. The highest BCUT2D eigenvalue weighted by Crippen LogP contribution is 2.36. The monoisotopic (exact) mass is 578 g/mol. The SMILES string of the molecule is Cc1cn2cc(NC(=O)c3ccc(N4CCC(N(C(=O)OC(C)(C)C)C5CC5)CC4)c4cn(C)nc34)nc2c(Cl)n1. The predicted octanol–water partition coefficient (Wildman–Crippen LogP) is 5.20. The molecule has 3 aromatic heterocycles. The predicted molar refractivity (Wildman–Crippen MR) is 158 cm³/mol. The fourth-order valence-corrected chi connectivity index (χ4v) is 5.91. The molecule has 11 nitrogen and oxygen atoms in total. The number of hydrogen-bond acceptors (Lipinski definition) is 7. The van der Waals surface area contributed by atoms with Crippen LogP contribution in [0.25, 0.3) is 16.6 Å². The molecule has 0 radical (unpaired) electrons. The highest BCUT2D eigenvalue weighted by atomic mass is 35.5. The first-order chi connectivity index (χ1) is 19.5. The van der Waals surface area contributed by atoms with Crippen molar-refractivity contribution in [3.05, 3.63) is 47.1 Å². The molecule has 1 aliphatic carbocycles. The number of rotatable bonds is 5. The van der Waals surface area contributed by atoms with Gasteiger partial charge in [-0.3, -0.25) is 9.48 Å². The Kier molecular flexibility index (Phi) is 6.80. The number of amides is 2. The molecular formula is C29H35ClN8O3. The standard InChI is InChI=1S/C29H35ClN8O3/c1-17-14-37-16-23(32-26(37)25(30)31-17)33-27(39)20-8-9-22(21-15-35(5)34-24(20)21)36-12-10-19(11-13-36)38(18-6-7-18)28(40)41-29(2,3)4/h8-9,14-16,18-19H,6-7,10-13H2,1-5H3,(H,33,39). The Morgan fingerprint density at radius 2 is 1.76 bits per heavy atom. The molecule has 6 rings (SSSR count). The normalized spacial score (nSPS) is 16.4. The second kappa shape index (κ2) is 10.2. The Bertz CT molecular complexity index is 1640. The van der Waals surface area contributed by atoms with Gasteiger partial charge in [0, 0.05) is 55.7 Å². The van der Waals surface area contributed by atoms with Gasteiger partial charge in [-0.25, -0.2) is 14.8 Å². The van der Waals surface area contributed by atoms with Gasteiger partial charge in [0.15, 0.2) is 16.6 Å². The van der Waals surface area contributed by atoms with Gasteiger partial charge in [0.05, 0.1) is 17.5 Å². The van der Waals surface area contributed by atoms with E-state index in [0.717, 1.165) is 55.5 Å². The number of anilines is 2. The molecule has 2 aliphatic rings. The first-order valence-electron chi connectivity index (χ1n) is 14.0. The largest absolute Gasteiger partial charge is 0.444 e. The summed E-state index contributed by atoms with van der Waals surface area (Å²) in [6.07, 6.45) is 9.04. The van der Waals surface area contributed by atoms with E-state index in [4.69, 9.17) is 16.3 Å². The Balaban J connectivity index is 1.20. The van der Waals surface area contributed by atoms with Gasteiger partial charge in [-0.1, -0.05) is 11.6 Å². The topological polar surface area (TPSA) is 110 Å². The number of imidazole rings is 1. The van der Waals surface area contributed by atoms with Crippen molar-refractivity contribution in [2.45, 2.75) is 71.1 Å². The first kappa shape index (κ1) is 27.3. The van der Waals surface area contributed by atoms with Gasteiger partial charge >= 0.3 is 6.09 Å². The number of fused-ring (bicyclic) bond motifs is 2. The lowest BCUT2D eigenvalue weighted by Gasteiger charge is -2.40. The third-order valence-corrected chi connectivity index (χ3v) is 7.77. The fourth-order valence-electron chi connectivity index (χ4n) is 5.64. The van der Waals surface area contributed by atoms with E-state index in [9.17, 15) is 9.59 Å². The Morgan fingerprint density at radius 1 is 1.05 bits per heavy atom. The average Bonchev–Trinajstić information content (AvgIpc) is 3.50. The molecule has 0 bridgehead atoms. The van der Waals surface area contributed by atoms with Crippen molar-refractivity contribution in [2.24, 2.45) is 7.05 Å². The zero-order chi connectivity index (χ0) is 29.1. The maximum Gasteiger partial charge on any atom is 0.410 e. The number of hydrogen-bond donors (Lipinski definition) is 1. The summed E-state index contributed by atoms with van der Waals surface area (Å²) in [5.74, 6) is 0.0744. The van der Waals surface area contributed by atoms with Gasteiger partial charge in [-0.2, -0.15) is 5.10 Å². The van der Waals surface area contributed by atoms with Crippen LogP contribution in [-0.2, 0) is 11.8 Å². The van der Waals surface area contributed by atoms with Gasteiger partial charge in [0.25, 0.3) is 5.91 Å². The van der Waals surface area contributed by atoms with Crippen LogP contribution in [0.3, 0.4) is 0 Å². The highest BCUT2D eigenvalue weighted by Gasteiger charge is 2.41. The van der Waals surface area contributed by atoms with Crippen LogP contribution < -0.4 is 10.2 Å². The Morgan fingerprint density at radius 3 is 2.44 bits per heavy atom. The number of carbonyl (C=O) groups excluding carboxylic acids is 2. The van der Waals surface area contributed by atoms with Crippen molar-refractivity contribution in [3.8, 4) is 0 Å². The molecular weight excluding hydrogens is 544 g/mol. The van der Waals surface area contributed by atoms with Gasteiger partial charge in [-0.15, -0.1) is 0 Å². The first-order valence-corrected chi connectivity index (χ1v) is 14.4. The second-order valence-electron chi connectivity index (χ2n) is 12.0. The summed E-state index contributed by atoms with van der Waals surface area (Å²) in [5, 5.41) is 8.70. The number of halogens is 1. The van der Waals surface area contributed by atoms with E-state index in [1.807, 2.05) is 58.0 Å². The van der Waals surface area contributed by atoms with Crippen LogP contribution in [0.15, 0.2) is 30.7 Å². The molecule has 1 N–H and O–H groups in total. The van der Waals surface area contributed by atoms with E-state index in [1.165, 1.54) is 0 Å². The van der Waals surface area contributed by atoms with Crippen LogP contribution in [0.4, 0.5) is 16.3 Å². The van der Waals surface area contributed by atoms with Crippen molar-refractivity contribution in [3.63, 3.8) is 0 Å². The maximum atomic E-state index is 13.4. The number of benzene rings is 1. The van der Waals surface area contributed by atoms with Crippen LogP contribution in [0.1, 0.15) is 62.5 Å². The lowest BCUT2D eigenvalue weighted by Crippen LogP contribution is -2.50. The Hall–Kier alpha value is -3.86. The molecule has 0 spiro atoms. The lowest BCUT2D eigenvalue weighted by atomic mass is 10.0. The molecule has 4 heterocycles. The fraction of sp³-hybridized carbons (Fsp3) is 0.483. The molecule has 12 heteroatoms. The van der Waals surface area contributed by atoms with E-state index in [0.29, 0.717) is 22.5 Å². The number of nitrogens with zero attached hydrogens (tertiary/aromatic N) is 7. The molecule has 0 unspecified atom stereocenters. The molecule has 41 heavy (non-hydrogen) atoms. The van der Waals surface area contributed by atoms with Crippen molar-refractivity contribution < 1.29 is 14.3 Å². The molecule has 4 aromatic rings. The van der Waals surface area contributed by atoms with E-state index in [-0.39, 0.29) is 29.2 Å². The molecule has 1 saturated carbocycles. The van der Waals surface area contributed by atoms with Crippen LogP contribution in [-0.4, -0.2) is 71.8 Å². The smallest absolute Gasteiger partial charge is 0.410 e. The van der Waals surface area contributed by atoms with Crippen molar-refractivity contribution >= 4 is 51.7 Å². The van der Waals surface area contributed by atoms with Crippen molar-refractivity contribution in [2.75, 3.05) is 23.3 Å². The van der Waals surface area contributed by atoms with E-state index < -0.39 is 5.60 Å². The number of aryl methyl sites for hydroxylation is 2. The summed E-state index contributed by atoms with van der Waals surface area (Å²) < 4.78 is 9.22. The van der Waals surface area contributed by atoms with E-state index >= 15 is 0 Å². The molecule has 2 fully saturated rings. The zero-order valence-corrected chi connectivity index (χ0v) is 24.8. The molecule has 1 aromatic carbocycles. The number of ether oxygens (including phenoxy) is 1. The lowest BCUT2D eigenvalue weighted by molar-refractivity contribution is 0.0114. The Labute approximate surface area is 243 Å². The van der Waals surface area contributed by atoms with Crippen LogP contribution >= 0.6 is 11.6 Å². The van der Waals surface area contributed by atoms with Crippen LogP contribution in [0.2, 0.25) is 5.15 Å². The molecule has 1 aliphatic heterocycles. The van der Waals surface area contributed by atoms with Gasteiger partial charge < -0.3 is 24.3 Å². The maximum absolute atomic E-state index is 13.4. The summed E-state index contributed by atoms with van der Waals surface area (Å²) in [6.45, 7) is 9.16. The summed E-state index contributed by atoms with van der Waals surface area (Å²) in [5.41, 5.74) is 2.82. The van der Waals surface area contributed by atoms with Gasteiger partial charge in [0.1, 0.15) is 11.1 Å². The van der Waals surface area contributed by atoms with Crippen molar-refractivity contribution in [1.29, 1.82) is 0 Å². The molecule has 1 saturated heterocycles. The number of nitrogens with one attached hydrogen (secondary N) is 1. The van der Waals surface area contributed by atoms with Gasteiger partial charge in [0.2, 0.25) is 0 Å². The number of aromatic nitrogens is 5. The minimum Gasteiger partial charge on any atom is -0.444 e. The summed E-state index contributed by atoms with van der Waals surface area (Å²) in [4.78, 5) is 39.4. The number of carbonyl (C=O) groups is 2. The minimum atomic E-state index is -0.514. The summed E-state index contributed by atoms with van der Waals surface area (Å²) in [7, 11) is 1.85. The quantitative estimate of drug-likeness (QED) is 0.347. The minimum absolute atomic E-state index is 0.154. The zero-order valence-electron chi connectivity index (χ0n) is 24.0. The molecule has 216 valence electrons. The molecule has 2 amide bonds. The molecule has 0 atom stereocenters. The number of piperidine rings is 1. The van der Waals surface area contributed by atoms with Crippen molar-refractivity contribution in [1.82, 2.24) is 29.0 Å². The van der Waals surface area contributed by atoms with Crippen LogP contribution in [0, 0.1) is 6.92 Å².